The molecular formula is C57H86O18. The monoisotopic (exact) mass is 1060 g/mol. The molecule has 4 heterocycles. The zero-order chi connectivity index (χ0) is 53.8. The molecule has 8 aliphatic rings. The second-order valence-electron chi connectivity index (χ2n) is 23.7. The summed E-state index contributed by atoms with van der Waals surface area (Å²) in [5.74, 6) is -1.44. The Morgan fingerprint density at radius 2 is 1.19 bits per heavy atom. The van der Waals surface area contributed by atoms with E-state index in [2.05, 4.69) is 6.92 Å². The number of carbonyl (C=O) groups is 2. The first-order valence-electron chi connectivity index (χ1n) is 27.7. The molecule has 1 aromatic carbocycles. The molecule has 0 unspecified atom stereocenters. The standard InChI is InChI=1S/C57H86O18/c1-30(58)38-20-23-57(63)55(38,7)44(72-45(60)17-16-35-14-12-11-13-15-35)29-43-54(6)21-19-37(24-36(54)18-22-56(43,57)62)71-47-27-41(65-9)53(33(4)69-47)75-49-28-42(66-10)52(34(5)70-49)74-46-25-39(59)51(32(3)68-46)73-48-26-40(64-8)50(61)31(2)67-48/h11-17,31-34,36-44,46-53,59,61-63H,18-29H2,1-10H3/t31-,32-,33-,34-,36+,37+,38+,39+,40-,41+,42+,43-,44-,46+,47+,48+,49+,50-,51-,52-,53-,54+,55+,56+,57-/m1/s1. The number of rotatable bonds is 15. The van der Waals surface area contributed by atoms with Gasteiger partial charge in [0.05, 0.1) is 60.5 Å². The van der Waals surface area contributed by atoms with E-state index in [9.17, 15) is 30.0 Å². The van der Waals surface area contributed by atoms with Gasteiger partial charge in [0.15, 0.2) is 25.2 Å². The zero-order valence-electron chi connectivity index (χ0n) is 45.7. The maximum atomic E-state index is 13.6. The van der Waals surface area contributed by atoms with Crippen LogP contribution >= 0.6 is 0 Å². The van der Waals surface area contributed by atoms with Crippen LogP contribution in [0.15, 0.2) is 36.4 Å². The molecule has 18 heteroatoms. The van der Waals surface area contributed by atoms with E-state index >= 15 is 0 Å². The topological polar surface area (TPSA) is 226 Å². The third kappa shape index (κ3) is 10.8. The molecule has 18 nitrogen and oxygen atoms in total. The van der Waals surface area contributed by atoms with Gasteiger partial charge in [0.1, 0.15) is 41.9 Å². The van der Waals surface area contributed by atoms with E-state index in [0.29, 0.717) is 51.4 Å². The van der Waals surface area contributed by atoms with E-state index in [1.165, 1.54) is 20.1 Å². The predicted molar refractivity (Wildman–Crippen MR) is 269 cm³/mol. The van der Waals surface area contributed by atoms with Gasteiger partial charge in [-0.3, -0.25) is 4.79 Å². The van der Waals surface area contributed by atoms with Crippen molar-refractivity contribution >= 4 is 17.8 Å². The number of fused-ring (bicyclic) bond motifs is 5. The first kappa shape index (κ1) is 57.2. The second kappa shape index (κ2) is 22.9. The Labute approximate surface area is 442 Å². The van der Waals surface area contributed by atoms with Gasteiger partial charge in [-0.25, -0.2) is 4.79 Å². The van der Waals surface area contributed by atoms with Crippen molar-refractivity contribution in [2.75, 3.05) is 21.3 Å². The molecule has 75 heavy (non-hydrogen) atoms. The third-order valence-electron chi connectivity index (χ3n) is 19.7. The highest BCUT2D eigenvalue weighted by molar-refractivity contribution is 5.87. The zero-order valence-corrected chi connectivity index (χ0v) is 45.7. The van der Waals surface area contributed by atoms with Gasteiger partial charge in [0, 0.05) is 64.4 Å². The summed E-state index contributed by atoms with van der Waals surface area (Å²) in [6, 6.07) is 9.49. The lowest BCUT2D eigenvalue weighted by molar-refractivity contribution is -0.347. The smallest absolute Gasteiger partial charge is 0.331 e. The van der Waals surface area contributed by atoms with Crippen molar-refractivity contribution in [1.82, 2.24) is 0 Å². The van der Waals surface area contributed by atoms with Crippen molar-refractivity contribution in [2.45, 2.75) is 247 Å². The summed E-state index contributed by atoms with van der Waals surface area (Å²) in [6.07, 6.45) is -1.68. The summed E-state index contributed by atoms with van der Waals surface area (Å²) >= 11 is 0. The van der Waals surface area contributed by atoms with E-state index in [4.69, 9.17) is 56.8 Å². The van der Waals surface area contributed by atoms with E-state index < -0.39 is 138 Å². The van der Waals surface area contributed by atoms with Crippen LogP contribution in [0.25, 0.3) is 6.08 Å². The molecular weight excluding hydrogens is 973 g/mol. The lowest BCUT2D eigenvalue weighted by atomic mass is 9.40. The lowest BCUT2D eigenvalue weighted by Gasteiger charge is -2.68. The molecule has 4 aliphatic carbocycles. The van der Waals surface area contributed by atoms with Crippen molar-refractivity contribution in [2.24, 2.45) is 28.6 Å². The summed E-state index contributed by atoms with van der Waals surface area (Å²) in [5.41, 5.74) is -3.86. The first-order chi connectivity index (χ1) is 35.7. The molecule has 0 aromatic heterocycles. The lowest BCUT2D eigenvalue weighted by Crippen LogP contribution is -2.76. The van der Waals surface area contributed by atoms with Gasteiger partial charge in [-0.2, -0.15) is 0 Å². The number of ketones is 1. The van der Waals surface area contributed by atoms with Gasteiger partial charge in [0.2, 0.25) is 0 Å². The number of aliphatic hydroxyl groups is 4. The molecule has 0 radical (unpaired) electrons. The molecule has 4 aliphatic heterocycles. The number of methoxy groups -OCH3 is 3. The Morgan fingerprint density at radius 3 is 1.77 bits per heavy atom. The van der Waals surface area contributed by atoms with Crippen LogP contribution in [0.4, 0.5) is 0 Å². The normalized spacial score (nSPS) is 49.1. The van der Waals surface area contributed by atoms with E-state index in [1.54, 1.807) is 27.2 Å². The van der Waals surface area contributed by atoms with Gasteiger partial charge in [-0.05, 0) is 115 Å². The largest absolute Gasteiger partial charge is 0.458 e. The molecule has 4 saturated heterocycles. The predicted octanol–water partition coefficient (Wildman–Crippen LogP) is 5.55. The maximum Gasteiger partial charge on any atom is 0.331 e. The van der Waals surface area contributed by atoms with Crippen molar-refractivity contribution < 1.29 is 86.9 Å². The van der Waals surface area contributed by atoms with Crippen molar-refractivity contribution in [1.29, 1.82) is 0 Å². The van der Waals surface area contributed by atoms with Gasteiger partial charge in [0.25, 0.3) is 0 Å². The van der Waals surface area contributed by atoms with Crippen LogP contribution in [0.1, 0.15) is 131 Å². The SMILES string of the molecule is CO[C@H]1C[C@H](O[C@H]2CC[C@@]3(C)[C@@H](CC[C@]4(O)[C@@H]3C[C@@H](OC(=O)C=Cc3ccccc3)[C@]3(C)[C@H](C(C)=O)CC[C@@]34O)C2)O[C@H](C)[C@H]1O[C@H]1C[C@H](OC)[C@H](O[C@H]2C[C@H](O)[C@H](O[C@H]3C[C@@H](OC)[C@H](O)[C@@H](C)O3)[C@@H](C)O2)[C@@H](C)O1. The third-order valence-corrected chi connectivity index (χ3v) is 19.7. The molecule has 25 atom stereocenters. The van der Waals surface area contributed by atoms with Gasteiger partial charge in [-0.1, -0.05) is 44.2 Å². The van der Waals surface area contributed by atoms with Crippen LogP contribution < -0.4 is 0 Å². The fourth-order valence-corrected chi connectivity index (χ4v) is 15.4. The molecule has 9 rings (SSSR count). The minimum Gasteiger partial charge on any atom is -0.458 e. The average Bonchev–Trinajstić information content (AvgIpc) is 3.79. The van der Waals surface area contributed by atoms with Gasteiger partial charge in [-0.15, -0.1) is 0 Å². The van der Waals surface area contributed by atoms with E-state index in [1.807, 2.05) is 58.0 Å². The summed E-state index contributed by atoms with van der Waals surface area (Å²) in [5, 5.41) is 47.7. The molecule has 4 N–H and O–H groups in total. The molecule has 1 aromatic rings. The minimum absolute atomic E-state index is 0.0749. The maximum absolute atomic E-state index is 13.6. The minimum atomic E-state index is -1.64. The molecule has 4 saturated carbocycles. The van der Waals surface area contributed by atoms with Gasteiger partial charge >= 0.3 is 5.97 Å². The number of Topliss-reactive ketones (excluding diaryl/α,β-unsaturated/α-hetero) is 1. The summed E-state index contributed by atoms with van der Waals surface area (Å²) in [7, 11) is 4.82. The quantitative estimate of drug-likeness (QED) is 0.0960. The molecule has 8 fully saturated rings. The highest BCUT2D eigenvalue weighted by atomic mass is 16.8. The van der Waals surface area contributed by atoms with Crippen LogP contribution in [-0.4, -0.2) is 175 Å². The number of ether oxygens (including phenoxy) is 12. The summed E-state index contributed by atoms with van der Waals surface area (Å²) < 4.78 is 75.1. The molecule has 0 spiro atoms. The van der Waals surface area contributed by atoms with Crippen LogP contribution in [0, 0.1) is 28.6 Å². The fraction of sp³-hybridized carbons (Fsp3) is 0.825. The van der Waals surface area contributed by atoms with Crippen LogP contribution in [0.2, 0.25) is 0 Å². The van der Waals surface area contributed by atoms with E-state index in [-0.39, 0.29) is 36.8 Å². The Bertz CT molecular complexity index is 2120. The van der Waals surface area contributed by atoms with Crippen LogP contribution in [0.3, 0.4) is 0 Å². The number of carbonyl (C=O) groups excluding carboxylic acids is 2. The molecule has 422 valence electrons. The van der Waals surface area contributed by atoms with Crippen LogP contribution in [0.5, 0.6) is 0 Å². The summed E-state index contributed by atoms with van der Waals surface area (Å²) in [6.45, 7) is 13.0. The Morgan fingerprint density at radius 1 is 0.640 bits per heavy atom. The van der Waals surface area contributed by atoms with Crippen LogP contribution in [-0.2, 0) is 66.4 Å². The van der Waals surface area contributed by atoms with Crippen molar-refractivity contribution in [3.8, 4) is 0 Å². The second-order valence-corrected chi connectivity index (χ2v) is 23.7. The average molecular weight is 1060 g/mol. The highest BCUT2D eigenvalue weighted by Gasteiger charge is 2.78. The Kier molecular flexibility index (Phi) is 17.5. The first-order valence-corrected chi connectivity index (χ1v) is 27.7. The number of aliphatic hydroxyl groups excluding tert-OH is 2. The Hall–Kier alpha value is -2.50. The van der Waals surface area contributed by atoms with Gasteiger partial charge < -0.3 is 77.3 Å². The number of hydrogen-bond acceptors (Lipinski definition) is 18. The molecule has 0 amide bonds. The molecule has 0 bridgehead atoms. The fourth-order valence-electron chi connectivity index (χ4n) is 15.4. The van der Waals surface area contributed by atoms with E-state index in [0.717, 1.165) is 18.4 Å². The number of esters is 1. The number of hydrogen-bond donors (Lipinski definition) is 4. The van der Waals surface area contributed by atoms with Crippen molar-refractivity contribution in [3.63, 3.8) is 0 Å². The Balaban J connectivity index is 0.790. The highest BCUT2D eigenvalue weighted by Crippen LogP contribution is 2.71. The van der Waals surface area contributed by atoms with Crippen molar-refractivity contribution in [3.05, 3.63) is 42.0 Å². The summed E-state index contributed by atoms with van der Waals surface area (Å²) in [4.78, 5) is 26.9. The number of benzene rings is 1.